The van der Waals surface area contributed by atoms with Crippen molar-refractivity contribution in [1.29, 1.82) is 0 Å². The van der Waals surface area contributed by atoms with Gasteiger partial charge in [-0.25, -0.2) is 0 Å². The minimum absolute atomic E-state index is 0.132. The van der Waals surface area contributed by atoms with E-state index in [0.29, 0.717) is 13.0 Å². The molecular formula is C12H20N2O2. The molecule has 0 saturated carbocycles. The molecule has 0 amide bonds. The number of aryl methyl sites for hydroxylation is 2. The Morgan fingerprint density at radius 2 is 2.25 bits per heavy atom. The number of carbonyl (C=O) groups is 1. The van der Waals surface area contributed by atoms with Gasteiger partial charge >= 0.3 is 0 Å². The van der Waals surface area contributed by atoms with Crippen LogP contribution in [0.2, 0.25) is 0 Å². The van der Waals surface area contributed by atoms with Gasteiger partial charge in [0.1, 0.15) is 6.10 Å². The summed E-state index contributed by atoms with van der Waals surface area (Å²) < 4.78 is 7.15. The summed E-state index contributed by atoms with van der Waals surface area (Å²) in [6.07, 6.45) is 0.847. The van der Waals surface area contributed by atoms with Gasteiger partial charge in [0.15, 0.2) is 5.78 Å². The second-order valence-electron chi connectivity index (χ2n) is 3.90. The van der Waals surface area contributed by atoms with E-state index in [1.54, 1.807) is 4.68 Å². The first kappa shape index (κ1) is 12.9. The van der Waals surface area contributed by atoms with Gasteiger partial charge in [-0.15, -0.1) is 0 Å². The van der Waals surface area contributed by atoms with Gasteiger partial charge < -0.3 is 4.74 Å². The molecule has 4 heteroatoms. The van der Waals surface area contributed by atoms with Gasteiger partial charge in [-0.2, -0.15) is 5.10 Å². The molecule has 0 bridgehead atoms. The average Bonchev–Trinajstić information content (AvgIpc) is 2.53. The normalized spacial score (nSPS) is 12.8. The molecule has 0 aliphatic rings. The van der Waals surface area contributed by atoms with Crippen molar-refractivity contribution in [2.75, 3.05) is 6.61 Å². The first-order chi connectivity index (χ1) is 7.58. The lowest BCUT2D eigenvalue weighted by molar-refractivity contribution is -0.129. The number of rotatable bonds is 6. The number of hydrogen-bond donors (Lipinski definition) is 0. The van der Waals surface area contributed by atoms with Crippen molar-refractivity contribution < 1.29 is 9.53 Å². The Morgan fingerprint density at radius 1 is 1.56 bits per heavy atom. The molecule has 0 aliphatic carbocycles. The molecular weight excluding hydrogens is 204 g/mol. The maximum atomic E-state index is 11.9. The van der Waals surface area contributed by atoms with Crippen molar-refractivity contribution in [3.63, 3.8) is 0 Å². The fourth-order valence-electron chi connectivity index (χ4n) is 1.76. The Bertz CT molecular complexity index is 358. The lowest BCUT2D eigenvalue weighted by atomic mass is 10.1. The van der Waals surface area contributed by atoms with Gasteiger partial charge in [0.25, 0.3) is 0 Å². The van der Waals surface area contributed by atoms with Crippen molar-refractivity contribution in [3.05, 3.63) is 17.5 Å². The minimum Gasteiger partial charge on any atom is -0.371 e. The summed E-state index contributed by atoms with van der Waals surface area (Å²) in [6, 6.07) is 1.94. The van der Waals surface area contributed by atoms with Crippen molar-refractivity contribution in [2.24, 2.45) is 7.05 Å². The predicted octanol–water partition coefficient (Wildman–Crippen LogP) is 1.66. The van der Waals surface area contributed by atoms with E-state index in [0.717, 1.165) is 17.8 Å². The molecule has 90 valence electrons. The molecule has 1 unspecified atom stereocenters. The highest BCUT2D eigenvalue weighted by atomic mass is 16.5. The zero-order valence-corrected chi connectivity index (χ0v) is 10.5. The Hall–Kier alpha value is -1.16. The maximum Gasteiger partial charge on any atom is 0.167 e. The predicted molar refractivity (Wildman–Crippen MR) is 62.4 cm³/mol. The monoisotopic (exact) mass is 224 g/mol. The number of ether oxygens (including phenoxy) is 1. The van der Waals surface area contributed by atoms with Gasteiger partial charge in [-0.3, -0.25) is 9.48 Å². The zero-order chi connectivity index (χ0) is 12.1. The van der Waals surface area contributed by atoms with Gasteiger partial charge in [-0.1, -0.05) is 6.92 Å². The molecule has 0 aliphatic heterocycles. The first-order valence-corrected chi connectivity index (χ1v) is 5.72. The van der Waals surface area contributed by atoms with Crippen LogP contribution in [0, 0.1) is 6.92 Å². The topological polar surface area (TPSA) is 44.1 Å². The molecule has 1 heterocycles. The number of hydrogen-bond acceptors (Lipinski definition) is 3. The van der Waals surface area contributed by atoms with E-state index in [-0.39, 0.29) is 11.9 Å². The van der Waals surface area contributed by atoms with Crippen LogP contribution in [-0.2, 0) is 23.0 Å². The maximum absolute atomic E-state index is 11.9. The molecule has 16 heavy (non-hydrogen) atoms. The molecule has 0 aromatic carbocycles. The van der Waals surface area contributed by atoms with Crippen LogP contribution in [0.5, 0.6) is 0 Å². The molecule has 0 N–H and O–H groups in total. The highest BCUT2D eigenvalue weighted by Gasteiger charge is 2.18. The van der Waals surface area contributed by atoms with E-state index in [1.807, 2.05) is 33.9 Å². The Labute approximate surface area is 96.6 Å². The van der Waals surface area contributed by atoms with Crippen LogP contribution in [0.15, 0.2) is 6.07 Å². The highest BCUT2D eigenvalue weighted by Crippen LogP contribution is 2.08. The Kier molecular flexibility index (Phi) is 4.68. The smallest absolute Gasteiger partial charge is 0.167 e. The summed E-state index contributed by atoms with van der Waals surface area (Å²) in [5.74, 6) is 0.132. The second-order valence-corrected chi connectivity index (χ2v) is 3.90. The molecule has 4 nitrogen and oxygen atoms in total. The SMILES string of the molecule is CCOC(CC)C(=O)Cc1cc(C)nn1C. The molecule has 1 aromatic rings. The summed E-state index contributed by atoms with van der Waals surface area (Å²) in [4.78, 5) is 11.9. The summed E-state index contributed by atoms with van der Waals surface area (Å²) >= 11 is 0. The highest BCUT2D eigenvalue weighted by molar-refractivity contribution is 5.84. The minimum atomic E-state index is -0.278. The number of ketones is 1. The Balaban J connectivity index is 2.66. The summed E-state index contributed by atoms with van der Waals surface area (Å²) in [5.41, 5.74) is 1.88. The van der Waals surface area contributed by atoms with Crippen molar-refractivity contribution in [3.8, 4) is 0 Å². The van der Waals surface area contributed by atoms with E-state index >= 15 is 0 Å². The van der Waals surface area contributed by atoms with Crippen LogP contribution < -0.4 is 0 Å². The van der Waals surface area contributed by atoms with E-state index in [9.17, 15) is 4.79 Å². The molecule has 1 aromatic heterocycles. The van der Waals surface area contributed by atoms with Gasteiger partial charge in [0, 0.05) is 19.3 Å². The standard InChI is InChI=1S/C12H20N2O2/c1-5-12(16-6-2)11(15)8-10-7-9(3)13-14(10)4/h7,12H,5-6,8H2,1-4H3. The number of aromatic nitrogens is 2. The van der Waals surface area contributed by atoms with Gasteiger partial charge in [0.2, 0.25) is 0 Å². The number of carbonyl (C=O) groups excluding carboxylic acids is 1. The van der Waals surface area contributed by atoms with Crippen molar-refractivity contribution >= 4 is 5.78 Å². The third-order valence-electron chi connectivity index (χ3n) is 2.55. The molecule has 0 spiro atoms. The number of Topliss-reactive ketones (excluding diaryl/α,β-unsaturated/α-hetero) is 1. The molecule has 0 radical (unpaired) electrons. The van der Waals surface area contributed by atoms with E-state index < -0.39 is 0 Å². The third-order valence-corrected chi connectivity index (χ3v) is 2.55. The lowest BCUT2D eigenvalue weighted by Gasteiger charge is -2.13. The first-order valence-electron chi connectivity index (χ1n) is 5.72. The number of nitrogens with zero attached hydrogens (tertiary/aromatic N) is 2. The summed E-state index contributed by atoms with van der Waals surface area (Å²) in [6.45, 7) is 6.37. The fourth-order valence-corrected chi connectivity index (χ4v) is 1.76. The van der Waals surface area contributed by atoms with Crippen LogP contribution >= 0.6 is 0 Å². The van der Waals surface area contributed by atoms with Crippen LogP contribution in [0.4, 0.5) is 0 Å². The van der Waals surface area contributed by atoms with Crippen LogP contribution in [0.25, 0.3) is 0 Å². The van der Waals surface area contributed by atoms with E-state index in [1.165, 1.54) is 0 Å². The quantitative estimate of drug-likeness (QED) is 0.738. The second kappa shape index (κ2) is 5.80. The largest absolute Gasteiger partial charge is 0.371 e. The molecule has 0 saturated heterocycles. The Morgan fingerprint density at radius 3 is 2.69 bits per heavy atom. The van der Waals surface area contributed by atoms with Gasteiger partial charge in [0.05, 0.1) is 12.1 Å². The van der Waals surface area contributed by atoms with Gasteiger partial charge in [-0.05, 0) is 26.3 Å². The lowest BCUT2D eigenvalue weighted by Crippen LogP contribution is -2.26. The van der Waals surface area contributed by atoms with Crippen LogP contribution in [0.1, 0.15) is 31.7 Å². The van der Waals surface area contributed by atoms with E-state index in [2.05, 4.69) is 5.10 Å². The third kappa shape index (κ3) is 3.17. The zero-order valence-electron chi connectivity index (χ0n) is 10.5. The van der Waals surface area contributed by atoms with E-state index in [4.69, 9.17) is 4.74 Å². The molecule has 1 atom stereocenters. The van der Waals surface area contributed by atoms with Crippen LogP contribution in [0.3, 0.4) is 0 Å². The van der Waals surface area contributed by atoms with Crippen molar-refractivity contribution in [1.82, 2.24) is 9.78 Å². The fraction of sp³-hybridized carbons (Fsp3) is 0.667. The molecule has 0 fully saturated rings. The molecule has 1 rings (SSSR count). The summed E-state index contributed by atoms with van der Waals surface area (Å²) in [7, 11) is 1.86. The van der Waals surface area contributed by atoms with Crippen molar-refractivity contribution in [2.45, 2.75) is 39.7 Å². The van der Waals surface area contributed by atoms with Crippen LogP contribution in [-0.4, -0.2) is 28.3 Å². The average molecular weight is 224 g/mol. The summed E-state index contributed by atoms with van der Waals surface area (Å²) in [5, 5.41) is 4.22.